The van der Waals surface area contributed by atoms with Crippen LogP contribution in [0.1, 0.15) is 6.92 Å². The fourth-order valence-corrected chi connectivity index (χ4v) is 0. The lowest BCUT2D eigenvalue weighted by atomic mass is 11.0. The van der Waals surface area contributed by atoms with Gasteiger partial charge in [-0.3, -0.25) is 0 Å². The minimum atomic E-state index is -4.64. The molecule has 0 bridgehead atoms. The predicted molar refractivity (Wildman–Crippen MR) is 26.0 cm³/mol. The van der Waals surface area contributed by atoms with E-state index >= 15 is 0 Å². The molecule has 6 heteroatoms. The first-order valence-electron chi connectivity index (χ1n) is 1.60. The van der Waals surface area contributed by atoms with Gasteiger partial charge in [-0.2, -0.15) is 0 Å². The number of carbonyl (C=O) groups excluding carboxylic acids is 1. The molecule has 0 unspecified atom stereocenters. The molecule has 0 radical (unpaired) electrons. The van der Waals surface area contributed by atoms with Crippen LogP contribution in [0, 0.1) is 0 Å². The van der Waals surface area contributed by atoms with Gasteiger partial charge in [-0.15, -0.1) is 0 Å². The first-order valence-corrected chi connectivity index (χ1v) is 3.16. The molecule has 0 aromatic heterocycles. The van der Waals surface area contributed by atoms with E-state index < -0.39 is 7.82 Å². The van der Waals surface area contributed by atoms with Crippen molar-refractivity contribution in [3.05, 3.63) is 0 Å². The van der Waals surface area contributed by atoms with Crippen molar-refractivity contribution in [3.63, 3.8) is 0 Å². The second-order valence-corrected chi connectivity index (χ2v) is 1.78. The van der Waals surface area contributed by atoms with Crippen LogP contribution in [0.5, 0.6) is 0 Å². The topological polar surface area (TPSA) is 94.8 Å². The Kier molecular flexibility index (Phi) is 6.59. The van der Waals surface area contributed by atoms with Crippen molar-refractivity contribution in [1.29, 1.82) is 0 Å². The van der Waals surface area contributed by atoms with Crippen molar-refractivity contribution >= 4 is 14.1 Å². The van der Waals surface area contributed by atoms with E-state index in [4.69, 9.17) is 24.0 Å². The third kappa shape index (κ3) is 2730. The van der Waals surface area contributed by atoms with E-state index in [1.165, 1.54) is 6.92 Å². The third-order valence-corrected chi connectivity index (χ3v) is 0. The maximum atomic E-state index is 8.88. The molecule has 0 aliphatic rings. The minimum absolute atomic E-state index is 0.750. The number of aldehydes is 1. The first kappa shape index (κ1) is 10.7. The standard InChI is InChI=1S/C2H4O.H3O4P/c1-2-3;1-5(2,3)4/h2H,1H3;(H3,1,2,3,4). The van der Waals surface area contributed by atoms with Gasteiger partial charge in [-0.05, 0) is 6.92 Å². The Balaban J connectivity index is 0. The van der Waals surface area contributed by atoms with Gasteiger partial charge < -0.3 is 19.5 Å². The molecule has 50 valence electrons. The number of carbonyl (C=O) groups is 1. The Hall–Kier alpha value is -0.220. The highest BCUT2D eigenvalue weighted by Crippen LogP contribution is 2.25. The van der Waals surface area contributed by atoms with Crippen LogP contribution in [0.15, 0.2) is 0 Å². The zero-order valence-corrected chi connectivity index (χ0v) is 5.08. The molecule has 0 rings (SSSR count). The van der Waals surface area contributed by atoms with E-state index in [2.05, 4.69) is 0 Å². The van der Waals surface area contributed by atoms with Crippen LogP contribution in [0.25, 0.3) is 0 Å². The summed E-state index contributed by atoms with van der Waals surface area (Å²) in [4.78, 5) is 30.4. The third-order valence-electron chi connectivity index (χ3n) is 0. The summed E-state index contributed by atoms with van der Waals surface area (Å²) in [7, 11) is -4.64. The monoisotopic (exact) mass is 142 g/mol. The SMILES string of the molecule is CC=O.O=P(O)(O)O. The van der Waals surface area contributed by atoms with Crippen molar-refractivity contribution < 1.29 is 24.0 Å². The van der Waals surface area contributed by atoms with Crippen LogP contribution >= 0.6 is 7.82 Å². The van der Waals surface area contributed by atoms with Crippen LogP contribution < -0.4 is 0 Å². The lowest BCUT2D eigenvalue weighted by Crippen LogP contribution is -1.66. The summed E-state index contributed by atoms with van der Waals surface area (Å²) in [5.41, 5.74) is 0. The molecule has 0 fully saturated rings. The van der Waals surface area contributed by atoms with E-state index in [9.17, 15) is 0 Å². The van der Waals surface area contributed by atoms with E-state index in [0.29, 0.717) is 0 Å². The van der Waals surface area contributed by atoms with E-state index in [-0.39, 0.29) is 0 Å². The minimum Gasteiger partial charge on any atom is -0.304 e. The molecule has 3 N–H and O–H groups in total. The molecule has 0 spiro atoms. The zero-order valence-electron chi connectivity index (χ0n) is 4.18. The van der Waals surface area contributed by atoms with E-state index in [1.54, 1.807) is 0 Å². The Bertz CT molecular complexity index is 84.3. The molecule has 0 heterocycles. The largest absolute Gasteiger partial charge is 0.466 e. The predicted octanol–water partition coefficient (Wildman–Crippen LogP) is -0.723. The van der Waals surface area contributed by atoms with Gasteiger partial charge in [0.2, 0.25) is 0 Å². The highest BCUT2D eigenvalue weighted by molar-refractivity contribution is 7.45. The van der Waals surface area contributed by atoms with Gasteiger partial charge in [0.15, 0.2) is 0 Å². The highest BCUT2D eigenvalue weighted by Gasteiger charge is 2.00. The zero-order chi connectivity index (χ0) is 7.21. The van der Waals surface area contributed by atoms with Crippen LogP contribution in [-0.2, 0) is 9.36 Å². The Labute approximate surface area is 46.2 Å². The molecule has 0 aliphatic heterocycles. The Morgan fingerprint density at radius 1 is 1.38 bits per heavy atom. The van der Waals surface area contributed by atoms with Crippen molar-refractivity contribution in [2.45, 2.75) is 6.92 Å². The van der Waals surface area contributed by atoms with Gasteiger partial charge in [0.1, 0.15) is 6.29 Å². The molecule has 0 amide bonds. The van der Waals surface area contributed by atoms with E-state index in [0.717, 1.165) is 6.29 Å². The molecular weight excluding hydrogens is 135 g/mol. The number of rotatable bonds is 0. The summed E-state index contributed by atoms with van der Waals surface area (Å²) in [6, 6.07) is 0. The van der Waals surface area contributed by atoms with Gasteiger partial charge in [-0.1, -0.05) is 0 Å². The maximum absolute atomic E-state index is 8.88. The van der Waals surface area contributed by atoms with Crippen LogP contribution in [0.4, 0.5) is 0 Å². The molecule has 0 aromatic carbocycles. The van der Waals surface area contributed by atoms with Crippen molar-refractivity contribution in [2.24, 2.45) is 0 Å². The molecule has 0 aromatic rings. The number of phosphoric acid groups is 1. The fraction of sp³-hybridized carbons (Fsp3) is 0.500. The normalized spacial score (nSPS) is 9.00. The molecule has 0 atom stereocenters. The summed E-state index contributed by atoms with van der Waals surface area (Å²) in [5, 5.41) is 0. The average molecular weight is 142 g/mol. The summed E-state index contributed by atoms with van der Waals surface area (Å²) in [6.45, 7) is 1.44. The van der Waals surface area contributed by atoms with Crippen molar-refractivity contribution in [3.8, 4) is 0 Å². The van der Waals surface area contributed by atoms with Crippen molar-refractivity contribution in [2.75, 3.05) is 0 Å². The summed E-state index contributed by atoms with van der Waals surface area (Å²) in [5.74, 6) is 0. The maximum Gasteiger partial charge on any atom is 0.466 e. The van der Waals surface area contributed by atoms with Crippen LogP contribution in [-0.4, -0.2) is 21.0 Å². The van der Waals surface area contributed by atoms with Gasteiger partial charge in [0.25, 0.3) is 0 Å². The van der Waals surface area contributed by atoms with Crippen LogP contribution in [0.2, 0.25) is 0 Å². The second-order valence-electron chi connectivity index (χ2n) is 0.749. The summed E-state index contributed by atoms with van der Waals surface area (Å²) in [6.07, 6.45) is 0.750. The lowest BCUT2D eigenvalue weighted by molar-refractivity contribution is -0.106. The Morgan fingerprint density at radius 3 is 1.38 bits per heavy atom. The Morgan fingerprint density at radius 2 is 1.38 bits per heavy atom. The summed E-state index contributed by atoms with van der Waals surface area (Å²) < 4.78 is 8.88. The second kappa shape index (κ2) is 4.93. The molecule has 8 heavy (non-hydrogen) atoms. The number of hydrogen-bond acceptors (Lipinski definition) is 2. The molecular formula is C2H7O5P. The van der Waals surface area contributed by atoms with Gasteiger partial charge in [0, 0.05) is 0 Å². The van der Waals surface area contributed by atoms with Gasteiger partial charge >= 0.3 is 7.82 Å². The summed E-state index contributed by atoms with van der Waals surface area (Å²) >= 11 is 0. The van der Waals surface area contributed by atoms with Crippen LogP contribution in [0.3, 0.4) is 0 Å². The molecule has 0 saturated heterocycles. The van der Waals surface area contributed by atoms with E-state index in [1.807, 2.05) is 0 Å². The average Bonchev–Trinajstić information content (AvgIpc) is 1.27. The molecule has 0 aliphatic carbocycles. The lowest BCUT2D eigenvalue weighted by Gasteiger charge is -1.82. The van der Waals surface area contributed by atoms with Gasteiger partial charge in [-0.25, -0.2) is 4.57 Å². The van der Waals surface area contributed by atoms with Gasteiger partial charge in [0.05, 0.1) is 0 Å². The highest BCUT2D eigenvalue weighted by atomic mass is 31.2. The first-order chi connectivity index (χ1) is 3.41. The van der Waals surface area contributed by atoms with Crippen molar-refractivity contribution in [1.82, 2.24) is 0 Å². The molecule has 0 saturated carbocycles. The quantitative estimate of drug-likeness (QED) is 0.306. The molecule has 5 nitrogen and oxygen atoms in total. The smallest absolute Gasteiger partial charge is 0.304 e. The fourth-order valence-electron chi connectivity index (χ4n) is 0. The number of hydrogen-bond donors (Lipinski definition) is 3.